The highest BCUT2D eigenvalue weighted by molar-refractivity contribution is 5.77. The van der Waals surface area contributed by atoms with Crippen LogP contribution in [0.5, 0.6) is 0 Å². The third kappa shape index (κ3) is 6.14. The van der Waals surface area contributed by atoms with Gasteiger partial charge in [-0.2, -0.15) is 0 Å². The maximum atomic E-state index is 11.0. The van der Waals surface area contributed by atoms with Gasteiger partial charge in [-0.1, -0.05) is 6.92 Å². The van der Waals surface area contributed by atoms with E-state index in [9.17, 15) is 4.79 Å². The van der Waals surface area contributed by atoms with Gasteiger partial charge in [0.1, 0.15) is 5.78 Å². The summed E-state index contributed by atoms with van der Waals surface area (Å²) >= 11 is 0. The molecule has 14 heavy (non-hydrogen) atoms. The average molecular weight is 200 g/mol. The molecule has 0 fully saturated rings. The van der Waals surface area contributed by atoms with E-state index in [2.05, 4.69) is 13.8 Å². The number of carbonyl (C=O) groups is 1. The summed E-state index contributed by atoms with van der Waals surface area (Å²) in [5.74, 6) is 0.492. The van der Waals surface area contributed by atoms with Gasteiger partial charge in [-0.3, -0.25) is 4.79 Å². The summed E-state index contributed by atoms with van der Waals surface area (Å²) < 4.78 is 5.59. The fourth-order valence-corrected chi connectivity index (χ4v) is 1.50. The molecule has 0 aromatic rings. The maximum Gasteiger partial charge on any atom is 0.132 e. The molecule has 0 aliphatic rings. The van der Waals surface area contributed by atoms with E-state index in [-0.39, 0.29) is 11.5 Å². The van der Waals surface area contributed by atoms with Crippen molar-refractivity contribution in [3.63, 3.8) is 0 Å². The molecule has 0 N–H and O–H groups in total. The minimum atomic E-state index is -0.0364. The van der Waals surface area contributed by atoms with Gasteiger partial charge in [0.15, 0.2) is 0 Å². The first-order valence-electron chi connectivity index (χ1n) is 5.53. The number of ketones is 1. The zero-order valence-corrected chi connectivity index (χ0v) is 10.2. The van der Waals surface area contributed by atoms with Gasteiger partial charge in [0.05, 0.1) is 5.60 Å². The van der Waals surface area contributed by atoms with Crippen molar-refractivity contribution in [1.82, 2.24) is 0 Å². The second-order valence-corrected chi connectivity index (χ2v) is 4.60. The zero-order valence-electron chi connectivity index (χ0n) is 10.2. The van der Waals surface area contributed by atoms with E-state index in [1.165, 1.54) is 0 Å². The normalized spacial score (nSPS) is 14.1. The number of carbonyl (C=O) groups excluding carboxylic acids is 1. The van der Waals surface area contributed by atoms with Crippen LogP contribution in [0, 0.1) is 5.92 Å². The van der Waals surface area contributed by atoms with Crippen LogP contribution < -0.4 is 0 Å². The van der Waals surface area contributed by atoms with Crippen molar-refractivity contribution < 1.29 is 9.53 Å². The van der Waals surface area contributed by atoms with Crippen LogP contribution in [0.3, 0.4) is 0 Å². The third-order valence-corrected chi connectivity index (χ3v) is 2.65. The van der Waals surface area contributed by atoms with Gasteiger partial charge in [0, 0.05) is 12.5 Å². The summed E-state index contributed by atoms with van der Waals surface area (Å²) in [6, 6.07) is 0. The molecular weight excluding hydrogens is 176 g/mol. The summed E-state index contributed by atoms with van der Waals surface area (Å²) in [6.45, 7) is 10.6. The quantitative estimate of drug-likeness (QED) is 0.631. The van der Waals surface area contributed by atoms with Crippen LogP contribution in [-0.4, -0.2) is 18.0 Å². The first kappa shape index (κ1) is 13.6. The van der Waals surface area contributed by atoms with Crippen molar-refractivity contribution in [3.8, 4) is 0 Å². The van der Waals surface area contributed by atoms with E-state index in [0.717, 1.165) is 25.9 Å². The molecule has 2 heteroatoms. The molecule has 0 amide bonds. The summed E-state index contributed by atoms with van der Waals surface area (Å²) in [5, 5.41) is 0. The molecule has 2 nitrogen and oxygen atoms in total. The van der Waals surface area contributed by atoms with Crippen LogP contribution in [0.2, 0.25) is 0 Å². The van der Waals surface area contributed by atoms with E-state index >= 15 is 0 Å². The van der Waals surface area contributed by atoms with E-state index in [1.807, 2.05) is 13.8 Å². The Labute approximate surface area is 88.0 Å². The Morgan fingerprint density at radius 1 is 1.43 bits per heavy atom. The summed E-state index contributed by atoms with van der Waals surface area (Å²) in [6.07, 6.45) is 3.07. The Balaban J connectivity index is 3.67. The lowest BCUT2D eigenvalue weighted by atomic mass is 9.95. The highest BCUT2D eigenvalue weighted by Crippen LogP contribution is 2.20. The first-order chi connectivity index (χ1) is 6.39. The molecule has 0 saturated heterocycles. The maximum absolute atomic E-state index is 11.0. The molecular formula is C12H24O2. The second kappa shape index (κ2) is 6.18. The summed E-state index contributed by atoms with van der Waals surface area (Å²) in [7, 11) is 0. The van der Waals surface area contributed by atoms with Crippen molar-refractivity contribution in [2.75, 3.05) is 6.61 Å². The molecule has 1 unspecified atom stereocenters. The Bertz CT molecular complexity index is 173. The van der Waals surface area contributed by atoms with E-state index in [1.54, 1.807) is 6.92 Å². The minimum Gasteiger partial charge on any atom is -0.376 e. The van der Waals surface area contributed by atoms with Crippen LogP contribution in [0.1, 0.15) is 53.9 Å². The van der Waals surface area contributed by atoms with Crippen molar-refractivity contribution in [3.05, 3.63) is 0 Å². The van der Waals surface area contributed by atoms with Crippen LogP contribution in [0.15, 0.2) is 0 Å². The highest BCUT2D eigenvalue weighted by atomic mass is 16.5. The van der Waals surface area contributed by atoms with Gasteiger partial charge < -0.3 is 4.74 Å². The van der Waals surface area contributed by atoms with Crippen LogP contribution in [0.4, 0.5) is 0 Å². The van der Waals surface area contributed by atoms with Gasteiger partial charge >= 0.3 is 0 Å². The Morgan fingerprint density at radius 2 is 2.00 bits per heavy atom. The number of Topliss-reactive ketones (excluding diaryl/α,β-unsaturated/α-hetero) is 1. The molecule has 0 aliphatic carbocycles. The summed E-state index contributed by atoms with van der Waals surface area (Å²) in [5.41, 5.74) is -0.0364. The fraction of sp³-hybridized carbons (Fsp3) is 0.917. The monoisotopic (exact) mass is 200 g/mol. The SMILES string of the molecule is CCOC(C)(C)CCCC(C)C(C)=O. The second-order valence-electron chi connectivity index (χ2n) is 4.60. The lowest BCUT2D eigenvalue weighted by molar-refractivity contribution is -0.120. The van der Waals surface area contributed by atoms with Crippen LogP contribution in [-0.2, 0) is 9.53 Å². The topological polar surface area (TPSA) is 26.3 Å². The first-order valence-corrected chi connectivity index (χ1v) is 5.53. The predicted molar refractivity (Wildman–Crippen MR) is 59.4 cm³/mol. The lowest BCUT2D eigenvalue weighted by Gasteiger charge is -2.24. The molecule has 0 aliphatic heterocycles. The lowest BCUT2D eigenvalue weighted by Crippen LogP contribution is -2.24. The number of rotatable bonds is 7. The van der Waals surface area contributed by atoms with E-state index in [4.69, 9.17) is 4.74 Å². The predicted octanol–water partition coefficient (Wildman–Crippen LogP) is 3.20. The zero-order chi connectivity index (χ0) is 11.2. The molecule has 0 spiro atoms. The van der Waals surface area contributed by atoms with Crippen molar-refractivity contribution >= 4 is 5.78 Å². The highest BCUT2D eigenvalue weighted by Gasteiger charge is 2.17. The molecule has 84 valence electrons. The van der Waals surface area contributed by atoms with Gasteiger partial charge in [-0.15, -0.1) is 0 Å². The Morgan fingerprint density at radius 3 is 2.43 bits per heavy atom. The van der Waals surface area contributed by atoms with E-state index in [0.29, 0.717) is 5.78 Å². The molecule has 0 radical (unpaired) electrons. The van der Waals surface area contributed by atoms with Crippen molar-refractivity contribution in [2.24, 2.45) is 5.92 Å². The standard InChI is InChI=1S/C12H24O2/c1-6-14-12(4,5)9-7-8-10(2)11(3)13/h10H,6-9H2,1-5H3. The van der Waals surface area contributed by atoms with Crippen molar-refractivity contribution in [2.45, 2.75) is 59.5 Å². The molecule has 0 bridgehead atoms. The molecule has 0 aromatic heterocycles. The van der Waals surface area contributed by atoms with Crippen molar-refractivity contribution in [1.29, 1.82) is 0 Å². The van der Waals surface area contributed by atoms with Gasteiger partial charge in [0.2, 0.25) is 0 Å². The fourth-order valence-electron chi connectivity index (χ4n) is 1.50. The third-order valence-electron chi connectivity index (χ3n) is 2.65. The number of ether oxygens (including phenoxy) is 1. The molecule has 0 rings (SSSR count). The number of hydrogen-bond acceptors (Lipinski definition) is 2. The van der Waals surface area contributed by atoms with Gasteiger partial charge in [-0.25, -0.2) is 0 Å². The Kier molecular flexibility index (Phi) is 6.01. The molecule has 0 saturated carbocycles. The van der Waals surface area contributed by atoms with Crippen LogP contribution in [0.25, 0.3) is 0 Å². The molecule has 0 aromatic carbocycles. The molecule has 1 atom stereocenters. The van der Waals surface area contributed by atoms with Gasteiger partial charge in [-0.05, 0) is 47.0 Å². The van der Waals surface area contributed by atoms with E-state index < -0.39 is 0 Å². The summed E-state index contributed by atoms with van der Waals surface area (Å²) in [4.78, 5) is 11.0. The average Bonchev–Trinajstić information content (AvgIpc) is 2.03. The smallest absolute Gasteiger partial charge is 0.132 e. The number of hydrogen-bond donors (Lipinski definition) is 0. The molecule has 0 heterocycles. The Hall–Kier alpha value is -0.370. The van der Waals surface area contributed by atoms with Gasteiger partial charge in [0.25, 0.3) is 0 Å². The largest absolute Gasteiger partial charge is 0.376 e. The minimum absolute atomic E-state index is 0.0364. The van der Waals surface area contributed by atoms with Crippen LogP contribution >= 0.6 is 0 Å².